The molecule has 2 rings (SSSR count). The molecule has 0 aliphatic rings. The molecule has 2 nitrogen and oxygen atoms in total. The molecule has 1 N–H and O–H groups in total. The second kappa shape index (κ2) is 4.79. The van der Waals surface area contributed by atoms with Gasteiger partial charge in [-0.15, -0.1) is 11.3 Å². The molecule has 0 aliphatic heterocycles. The molecule has 0 aliphatic carbocycles. The molecule has 90 valence electrons. The number of aryl methyl sites for hydroxylation is 2. The molecule has 0 fully saturated rings. The van der Waals surface area contributed by atoms with Crippen molar-refractivity contribution in [3.63, 3.8) is 0 Å². The Morgan fingerprint density at radius 2 is 2.06 bits per heavy atom. The normalized spacial score (nSPS) is 10.6. The number of nitrogens with one attached hydrogen (secondary N) is 1. The zero-order valence-corrected chi connectivity index (χ0v) is 10.4. The maximum Gasteiger partial charge on any atom is 0.168 e. The molecule has 2 aromatic heterocycles. The van der Waals surface area contributed by atoms with Crippen molar-refractivity contribution in [2.75, 3.05) is 5.32 Å². The highest BCUT2D eigenvalue weighted by Crippen LogP contribution is 2.21. The zero-order chi connectivity index (χ0) is 12.4. The zero-order valence-electron chi connectivity index (χ0n) is 9.55. The van der Waals surface area contributed by atoms with E-state index in [1.807, 2.05) is 13.8 Å². The van der Waals surface area contributed by atoms with Crippen LogP contribution in [0.5, 0.6) is 0 Å². The molecule has 0 spiro atoms. The van der Waals surface area contributed by atoms with Crippen LogP contribution in [0.1, 0.15) is 15.3 Å². The van der Waals surface area contributed by atoms with Crippen LogP contribution in [0.2, 0.25) is 0 Å². The summed E-state index contributed by atoms with van der Waals surface area (Å²) >= 11 is 1.66. The van der Waals surface area contributed by atoms with Crippen LogP contribution in [0.15, 0.2) is 18.3 Å². The first kappa shape index (κ1) is 12.0. The average Bonchev–Trinajstić information content (AvgIpc) is 2.57. The van der Waals surface area contributed by atoms with Crippen LogP contribution in [0.4, 0.5) is 14.6 Å². The Hall–Kier alpha value is -1.49. The van der Waals surface area contributed by atoms with Gasteiger partial charge >= 0.3 is 0 Å². The van der Waals surface area contributed by atoms with E-state index in [-0.39, 0.29) is 5.82 Å². The summed E-state index contributed by atoms with van der Waals surface area (Å²) in [5.41, 5.74) is 1.22. The van der Waals surface area contributed by atoms with Crippen LogP contribution in [0.3, 0.4) is 0 Å². The molecule has 5 heteroatoms. The second-order valence-corrected chi connectivity index (χ2v) is 5.13. The molecular weight excluding hydrogens is 242 g/mol. The first-order valence-electron chi connectivity index (χ1n) is 5.17. The van der Waals surface area contributed by atoms with E-state index in [1.54, 1.807) is 11.3 Å². The molecular formula is C12H12F2N2S. The summed E-state index contributed by atoms with van der Waals surface area (Å²) in [6.45, 7) is 4.57. The lowest BCUT2D eigenvalue weighted by atomic mass is 10.3. The van der Waals surface area contributed by atoms with E-state index in [0.717, 1.165) is 17.1 Å². The molecule has 0 unspecified atom stereocenters. The van der Waals surface area contributed by atoms with Crippen molar-refractivity contribution in [1.29, 1.82) is 0 Å². The van der Waals surface area contributed by atoms with Crippen molar-refractivity contribution in [3.8, 4) is 0 Å². The number of nitrogens with zero attached hydrogens (tertiary/aromatic N) is 1. The van der Waals surface area contributed by atoms with Gasteiger partial charge in [0.15, 0.2) is 11.6 Å². The average molecular weight is 254 g/mol. The predicted molar refractivity (Wildman–Crippen MR) is 65.3 cm³/mol. The summed E-state index contributed by atoms with van der Waals surface area (Å²) in [6, 6.07) is 2.87. The molecule has 0 radical (unpaired) electrons. The van der Waals surface area contributed by atoms with E-state index in [9.17, 15) is 8.78 Å². The van der Waals surface area contributed by atoms with Crippen molar-refractivity contribution in [2.45, 2.75) is 20.4 Å². The van der Waals surface area contributed by atoms with Gasteiger partial charge in [0.1, 0.15) is 5.82 Å². The van der Waals surface area contributed by atoms with E-state index < -0.39 is 11.6 Å². The molecule has 0 atom stereocenters. The van der Waals surface area contributed by atoms with Crippen molar-refractivity contribution < 1.29 is 8.78 Å². The third kappa shape index (κ3) is 2.79. The minimum absolute atomic E-state index is 0.0788. The molecule has 2 heterocycles. The van der Waals surface area contributed by atoms with Crippen molar-refractivity contribution in [3.05, 3.63) is 45.3 Å². The first-order chi connectivity index (χ1) is 8.06. The van der Waals surface area contributed by atoms with Crippen LogP contribution in [0, 0.1) is 25.5 Å². The fraction of sp³-hybridized carbons (Fsp3) is 0.250. The van der Waals surface area contributed by atoms with Crippen molar-refractivity contribution in [1.82, 2.24) is 4.98 Å². The highest BCUT2D eigenvalue weighted by atomic mass is 32.1. The Balaban J connectivity index is 2.07. The number of halogens is 2. The number of thiophene rings is 1. The monoisotopic (exact) mass is 254 g/mol. The van der Waals surface area contributed by atoms with Gasteiger partial charge in [-0.1, -0.05) is 0 Å². The van der Waals surface area contributed by atoms with Gasteiger partial charge in [0, 0.05) is 15.8 Å². The lowest BCUT2D eigenvalue weighted by Gasteiger charge is -2.04. The summed E-state index contributed by atoms with van der Waals surface area (Å²) in [4.78, 5) is 6.01. The van der Waals surface area contributed by atoms with Crippen molar-refractivity contribution >= 4 is 17.2 Å². The SMILES string of the molecule is Cc1cc(CNc2ncc(F)cc2F)sc1C. The number of hydrogen-bond acceptors (Lipinski definition) is 3. The molecule has 2 aromatic rings. The van der Waals surface area contributed by atoms with Gasteiger partial charge in [0.2, 0.25) is 0 Å². The second-order valence-electron chi connectivity index (χ2n) is 3.79. The van der Waals surface area contributed by atoms with Crippen LogP contribution >= 0.6 is 11.3 Å². The largest absolute Gasteiger partial charge is 0.363 e. The predicted octanol–water partition coefficient (Wildman–Crippen LogP) is 3.65. The molecule has 0 saturated heterocycles. The Morgan fingerprint density at radius 3 is 2.65 bits per heavy atom. The highest BCUT2D eigenvalue weighted by molar-refractivity contribution is 7.12. The standard InChI is InChI=1S/C12H12F2N2S/c1-7-3-10(17-8(7)2)6-16-12-11(14)4-9(13)5-15-12/h3-5H,6H2,1-2H3,(H,15,16). The summed E-state index contributed by atoms with van der Waals surface area (Å²) in [7, 11) is 0. The third-order valence-corrected chi connectivity index (χ3v) is 3.61. The molecule has 0 bridgehead atoms. The van der Waals surface area contributed by atoms with E-state index in [0.29, 0.717) is 6.54 Å². The van der Waals surface area contributed by atoms with Gasteiger partial charge in [-0.3, -0.25) is 0 Å². The quantitative estimate of drug-likeness (QED) is 0.904. The van der Waals surface area contributed by atoms with Crippen LogP contribution in [0.25, 0.3) is 0 Å². The number of rotatable bonds is 3. The number of aromatic nitrogens is 1. The lowest BCUT2D eigenvalue weighted by molar-refractivity contribution is 0.575. The number of anilines is 1. The summed E-state index contributed by atoms with van der Waals surface area (Å²) < 4.78 is 25.9. The minimum Gasteiger partial charge on any atom is -0.363 e. The van der Waals surface area contributed by atoms with Gasteiger partial charge in [-0.2, -0.15) is 0 Å². The Kier molecular flexibility index (Phi) is 3.38. The number of pyridine rings is 1. The van der Waals surface area contributed by atoms with E-state index >= 15 is 0 Å². The van der Waals surface area contributed by atoms with E-state index in [2.05, 4.69) is 16.4 Å². The van der Waals surface area contributed by atoms with Crippen molar-refractivity contribution in [2.24, 2.45) is 0 Å². The van der Waals surface area contributed by atoms with E-state index in [1.165, 1.54) is 10.4 Å². The minimum atomic E-state index is -0.671. The molecule has 0 aromatic carbocycles. The van der Waals surface area contributed by atoms with Gasteiger partial charge in [-0.05, 0) is 25.5 Å². The van der Waals surface area contributed by atoms with Gasteiger partial charge in [0.05, 0.1) is 12.7 Å². The van der Waals surface area contributed by atoms with Gasteiger partial charge < -0.3 is 5.32 Å². The maximum absolute atomic E-state index is 13.3. The lowest BCUT2D eigenvalue weighted by Crippen LogP contribution is -2.02. The van der Waals surface area contributed by atoms with E-state index in [4.69, 9.17) is 0 Å². The number of hydrogen-bond donors (Lipinski definition) is 1. The Labute approximate surface area is 102 Å². The topological polar surface area (TPSA) is 24.9 Å². The molecule has 17 heavy (non-hydrogen) atoms. The Morgan fingerprint density at radius 1 is 1.29 bits per heavy atom. The van der Waals surface area contributed by atoms with Gasteiger partial charge in [-0.25, -0.2) is 13.8 Å². The van der Waals surface area contributed by atoms with Crippen LogP contribution < -0.4 is 5.32 Å². The van der Waals surface area contributed by atoms with Gasteiger partial charge in [0.25, 0.3) is 0 Å². The molecule has 0 amide bonds. The van der Waals surface area contributed by atoms with Crippen LogP contribution in [-0.4, -0.2) is 4.98 Å². The maximum atomic E-state index is 13.3. The third-order valence-electron chi connectivity index (χ3n) is 2.45. The summed E-state index contributed by atoms with van der Waals surface area (Å²) in [5.74, 6) is -1.26. The summed E-state index contributed by atoms with van der Waals surface area (Å²) in [6.07, 6.45) is 0.996. The highest BCUT2D eigenvalue weighted by Gasteiger charge is 2.06. The fourth-order valence-electron chi connectivity index (χ4n) is 1.45. The first-order valence-corrected chi connectivity index (χ1v) is 5.98. The van der Waals surface area contributed by atoms with Crippen LogP contribution in [-0.2, 0) is 6.54 Å². The summed E-state index contributed by atoms with van der Waals surface area (Å²) in [5, 5.41) is 2.85. The Bertz CT molecular complexity index is 518. The fourth-order valence-corrected chi connectivity index (χ4v) is 2.45. The smallest absolute Gasteiger partial charge is 0.168 e. The molecule has 0 saturated carbocycles.